The fourth-order valence-electron chi connectivity index (χ4n) is 3.06. The number of ether oxygens (including phenoxy) is 2. The molecule has 0 spiro atoms. The number of rotatable bonds is 8. The molecule has 1 N–H and O–H groups in total. The van der Waals surface area contributed by atoms with Gasteiger partial charge in [-0.25, -0.2) is 0 Å². The molecule has 0 saturated heterocycles. The maximum Gasteiger partial charge on any atom is 0.266 e. The van der Waals surface area contributed by atoms with Crippen LogP contribution < -0.4 is 14.8 Å². The summed E-state index contributed by atoms with van der Waals surface area (Å²) < 4.78 is 12.6. The van der Waals surface area contributed by atoms with E-state index in [0.717, 1.165) is 14.7 Å². The predicted molar refractivity (Wildman–Crippen MR) is 140 cm³/mol. The topological polar surface area (TPSA) is 71.3 Å². The van der Waals surface area contributed by atoms with E-state index in [2.05, 4.69) is 27.9 Å². The van der Waals surface area contributed by atoms with Crippen LogP contribution >= 0.6 is 34.2 Å². The largest absolute Gasteiger partial charge is 0.490 e. The van der Waals surface area contributed by atoms with Gasteiger partial charge in [-0.05, 0) is 77.9 Å². The summed E-state index contributed by atoms with van der Waals surface area (Å²) in [6.07, 6.45) is 1.54. The number of nitriles is 1. The van der Waals surface area contributed by atoms with Crippen LogP contribution in [0.3, 0.4) is 0 Å². The number of anilines is 1. The Morgan fingerprint density at radius 3 is 2.58 bits per heavy atom. The summed E-state index contributed by atoms with van der Waals surface area (Å²) in [7, 11) is 0. The van der Waals surface area contributed by atoms with Crippen LogP contribution in [0.1, 0.15) is 23.6 Å². The SMILES string of the molecule is CCOc1cc(/C=C(/C#N)C(=O)Nc2ccccc2C)cc(I)c1OCc1ccccc1Cl. The standard InChI is InChI=1S/C26H22ClIN2O3/c1-3-32-24-14-18(12-20(15-29)26(31)30-23-11-7-4-8-17(23)2)13-22(28)25(24)33-16-19-9-5-6-10-21(19)27/h4-14H,3,16H2,1-2H3,(H,30,31)/b20-12-. The number of carbonyl (C=O) groups is 1. The Morgan fingerprint density at radius 1 is 1.15 bits per heavy atom. The third-order valence-corrected chi connectivity index (χ3v) is 5.90. The lowest BCUT2D eigenvalue weighted by molar-refractivity contribution is -0.112. The number of carbonyl (C=O) groups excluding carboxylic acids is 1. The molecule has 3 rings (SSSR count). The van der Waals surface area contributed by atoms with Crippen LogP contribution in [0.25, 0.3) is 6.08 Å². The number of nitrogens with one attached hydrogen (secondary N) is 1. The van der Waals surface area contributed by atoms with Crippen molar-refractivity contribution in [3.8, 4) is 17.6 Å². The molecular weight excluding hydrogens is 551 g/mol. The van der Waals surface area contributed by atoms with E-state index in [9.17, 15) is 10.1 Å². The normalized spacial score (nSPS) is 10.9. The highest BCUT2D eigenvalue weighted by molar-refractivity contribution is 14.1. The van der Waals surface area contributed by atoms with Crippen LogP contribution in [0.15, 0.2) is 66.2 Å². The molecule has 0 aliphatic rings. The zero-order valence-corrected chi connectivity index (χ0v) is 21.1. The van der Waals surface area contributed by atoms with Gasteiger partial charge in [0.15, 0.2) is 11.5 Å². The van der Waals surface area contributed by atoms with Crippen molar-refractivity contribution in [1.29, 1.82) is 5.26 Å². The third-order valence-electron chi connectivity index (χ3n) is 4.73. The Morgan fingerprint density at radius 2 is 1.88 bits per heavy atom. The van der Waals surface area contributed by atoms with Gasteiger partial charge in [-0.2, -0.15) is 5.26 Å². The quantitative estimate of drug-likeness (QED) is 0.184. The van der Waals surface area contributed by atoms with E-state index in [0.29, 0.717) is 34.4 Å². The zero-order valence-electron chi connectivity index (χ0n) is 18.2. The van der Waals surface area contributed by atoms with Crippen LogP contribution in [0.5, 0.6) is 11.5 Å². The van der Waals surface area contributed by atoms with Crippen molar-refractivity contribution >= 4 is 51.9 Å². The maximum atomic E-state index is 12.7. The first-order valence-electron chi connectivity index (χ1n) is 10.2. The molecule has 3 aromatic rings. The van der Waals surface area contributed by atoms with Gasteiger partial charge in [-0.1, -0.05) is 48.0 Å². The number of hydrogen-bond donors (Lipinski definition) is 1. The predicted octanol–water partition coefficient (Wildman–Crippen LogP) is 6.78. The third kappa shape index (κ3) is 6.50. The summed E-state index contributed by atoms with van der Waals surface area (Å²) in [5.41, 5.74) is 3.08. The number of halogens is 2. The molecule has 33 heavy (non-hydrogen) atoms. The lowest BCUT2D eigenvalue weighted by Gasteiger charge is -2.15. The minimum absolute atomic E-state index is 0.0127. The van der Waals surface area contributed by atoms with Crippen molar-refractivity contribution in [3.63, 3.8) is 0 Å². The summed E-state index contributed by atoms with van der Waals surface area (Å²) in [5, 5.41) is 13.0. The second-order valence-corrected chi connectivity index (χ2v) is 8.65. The Hall–Kier alpha value is -3.02. The van der Waals surface area contributed by atoms with Crippen molar-refractivity contribution in [2.24, 2.45) is 0 Å². The number of nitrogens with zero attached hydrogens (tertiary/aromatic N) is 1. The lowest BCUT2D eigenvalue weighted by Crippen LogP contribution is -2.14. The van der Waals surface area contributed by atoms with Gasteiger partial charge in [-0.3, -0.25) is 4.79 Å². The van der Waals surface area contributed by atoms with Gasteiger partial charge >= 0.3 is 0 Å². The fraction of sp³-hybridized carbons (Fsp3) is 0.154. The average molecular weight is 573 g/mol. The van der Waals surface area contributed by atoms with Crippen molar-refractivity contribution < 1.29 is 14.3 Å². The summed E-state index contributed by atoms with van der Waals surface area (Å²) in [6.45, 7) is 4.49. The molecule has 0 bridgehead atoms. The Balaban J connectivity index is 1.87. The average Bonchev–Trinajstić information content (AvgIpc) is 2.79. The zero-order chi connectivity index (χ0) is 23.8. The maximum absolute atomic E-state index is 12.7. The number of para-hydroxylation sites is 1. The van der Waals surface area contributed by atoms with Crippen molar-refractivity contribution in [2.45, 2.75) is 20.5 Å². The van der Waals surface area contributed by atoms with Gasteiger partial charge in [0.1, 0.15) is 18.2 Å². The van der Waals surface area contributed by atoms with Crippen LogP contribution in [0.2, 0.25) is 5.02 Å². The number of amides is 1. The first-order valence-corrected chi connectivity index (χ1v) is 11.7. The second-order valence-electron chi connectivity index (χ2n) is 7.08. The molecule has 7 heteroatoms. The summed E-state index contributed by atoms with van der Waals surface area (Å²) in [4.78, 5) is 12.7. The first kappa shape index (κ1) is 24.6. The molecule has 0 aliphatic carbocycles. The molecule has 0 heterocycles. The van der Waals surface area contributed by atoms with Crippen molar-refractivity contribution in [2.75, 3.05) is 11.9 Å². The minimum atomic E-state index is -0.473. The molecule has 0 aromatic heterocycles. The minimum Gasteiger partial charge on any atom is -0.490 e. The number of aryl methyl sites for hydroxylation is 1. The van der Waals surface area contributed by atoms with Crippen molar-refractivity contribution in [3.05, 3.63) is 91.5 Å². The van der Waals surface area contributed by atoms with Gasteiger partial charge < -0.3 is 14.8 Å². The van der Waals surface area contributed by atoms with E-state index < -0.39 is 5.91 Å². The number of hydrogen-bond acceptors (Lipinski definition) is 4. The Kier molecular flexibility index (Phi) is 8.75. The van der Waals surface area contributed by atoms with Crippen LogP contribution in [-0.2, 0) is 11.4 Å². The van der Waals surface area contributed by atoms with E-state index >= 15 is 0 Å². The lowest BCUT2D eigenvalue weighted by atomic mass is 10.1. The molecule has 0 saturated carbocycles. The van der Waals surface area contributed by atoms with Crippen LogP contribution in [0.4, 0.5) is 5.69 Å². The van der Waals surface area contributed by atoms with E-state index in [1.807, 2.05) is 68.4 Å². The van der Waals surface area contributed by atoms with Crippen molar-refractivity contribution in [1.82, 2.24) is 0 Å². The van der Waals surface area contributed by atoms with Gasteiger partial charge in [0, 0.05) is 16.3 Å². The summed E-state index contributed by atoms with van der Waals surface area (Å²) in [5.74, 6) is 0.635. The molecule has 5 nitrogen and oxygen atoms in total. The van der Waals surface area contributed by atoms with Crippen LogP contribution in [-0.4, -0.2) is 12.5 Å². The highest BCUT2D eigenvalue weighted by atomic mass is 127. The van der Waals surface area contributed by atoms with Gasteiger partial charge in [0.2, 0.25) is 0 Å². The van der Waals surface area contributed by atoms with Gasteiger partial charge in [0.25, 0.3) is 5.91 Å². The van der Waals surface area contributed by atoms with E-state index in [4.69, 9.17) is 21.1 Å². The molecule has 168 valence electrons. The molecule has 1 amide bonds. The highest BCUT2D eigenvalue weighted by Gasteiger charge is 2.15. The van der Waals surface area contributed by atoms with E-state index in [-0.39, 0.29) is 12.2 Å². The summed E-state index contributed by atoms with van der Waals surface area (Å²) >= 11 is 8.39. The smallest absolute Gasteiger partial charge is 0.266 e. The molecule has 0 fully saturated rings. The number of benzene rings is 3. The van der Waals surface area contributed by atoms with Gasteiger partial charge in [0.05, 0.1) is 10.2 Å². The summed E-state index contributed by atoms with van der Waals surface area (Å²) in [6, 6.07) is 20.5. The molecule has 0 atom stereocenters. The molecule has 0 unspecified atom stereocenters. The first-order chi connectivity index (χ1) is 15.9. The monoisotopic (exact) mass is 572 g/mol. The Labute approximate surface area is 212 Å². The van der Waals surface area contributed by atoms with E-state index in [1.54, 1.807) is 12.1 Å². The van der Waals surface area contributed by atoms with E-state index in [1.165, 1.54) is 6.08 Å². The van der Waals surface area contributed by atoms with Crippen LogP contribution in [0, 0.1) is 21.8 Å². The second kappa shape index (κ2) is 11.7. The van der Waals surface area contributed by atoms with Gasteiger partial charge in [-0.15, -0.1) is 0 Å². The molecule has 0 radical (unpaired) electrons. The fourth-order valence-corrected chi connectivity index (χ4v) is 4.03. The Bertz CT molecular complexity index is 1230. The molecular formula is C26H22ClIN2O3. The highest BCUT2D eigenvalue weighted by Crippen LogP contribution is 2.36. The molecule has 3 aromatic carbocycles. The molecule has 0 aliphatic heterocycles.